The van der Waals surface area contributed by atoms with Gasteiger partial charge in [0.05, 0.1) is 5.75 Å². The molecule has 0 spiro atoms. The fourth-order valence-corrected chi connectivity index (χ4v) is 4.44. The summed E-state index contributed by atoms with van der Waals surface area (Å²) in [6, 6.07) is 13.2. The smallest absolute Gasteiger partial charge is 0.258 e. The van der Waals surface area contributed by atoms with Crippen LogP contribution in [0.2, 0.25) is 5.02 Å². The maximum absolute atomic E-state index is 12.9. The highest BCUT2D eigenvalue weighted by atomic mass is 35.5. The number of carbonyl (C=O) groups excluding carboxylic acids is 2. The third-order valence-electron chi connectivity index (χ3n) is 5.13. The molecule has 0 bridgehead atoms. The summed E-state index contributed by atoms with van der Waals surface area (Å²) in [4.78, 5) is 25.3. The number of ether oxygens (including phenoxy) is 1. The predicted molar refractivity (Wildman–Crippen MR) is 118 cm³/mol. The van der Waals surface area contributed by atoms with E-state index in [9.17, 15) is 14.0 Å². The van der Waals surface area contributed by atoms with Gasteiger partial charge in [-0.3, -0.25) is 9.59 Å². The number of nitrogens with one attached hydrogen (secondary N) is 1. The van der Waals surface area contributed by atoms with Crippen LogP contribution < -0.4 is 10.1 Å². The van der Waals surface area contributed by atoms with Crippen LogP contribution in [0.4, 0.5) is 4.39 Å². The molecular weight excluding hydrogens is 425 g/mol. The lowest BCUT2D eigenvalue weighted by Crippen LogP contribution is -2.40. The first-order chi connectivity index (χ1) is 14.5. The number of carbonyl (C=O) groups is 2. The van der Waals surface area contributed by atoms with E-state index in [-0.39, 0.29) is 30.2 Å². The Morgan fingerprint density at radius 2 is 1.70 bits per heavy atom. The third-order valence-corrected chi connectivity index (χ3v) is 6.45. The van der Waals surface area contributed by atoms with Gasteiger partial charge in [-0.25, -0.2) is 4.39 Å². The molecule has 4 nitrogen and oxygen atoms in total. The van der Waals surface area contributed by atoms with Crippen molar-refractivity contribution in [2.45, 2.75) is 43.0 Å². The minimum absolute atomic E-state index is 0.0271. The molecule has 30 heavy (non-hydrogen) atoms. The molecule has 160 valence electrons. The van der Waals surface area contributed by atoms with Gasteiger partial charge in [0.2, 0.25) is 0 Å². The fraction of sp³-hybridized carbons (Fsp3) is 0.391. The Balaban J connectivity index is 1.31. The second-order valence-corrected chi connectivity index (χ2v) is 9.00. The van der Waals surface area contributed by atoms with Crippen molar-refractivity contribution >= 4 is 35.1 Å². The first kappa shape index (κ1) is 22.6. The lowest BCUT2D eigenvalue weighted by molar-refractivity contribution is -0.124. The van der Waals surface area contributed by atoms with Gasteiger partial charge in [-0.15, -0.1) is 11.8 Å². The van der Waals surface area contributed by atoms with E-state index >= 15 is 0 Å². The van der Waals surface area contributed by atoms with Crippen molar-refractivity contribution in [3.8, 4) is 5.75 Å². The summed E-state index contributed by atoms with van der Waals surface area (Å²) in [5, 5.41) is 3.64. The van der Waals surface area contributed by atoms with E-state index in [4.69, 9.17) is 16.3 Å². The molecule has 0 aliphatic heterocycles. The Hall–Kier alpha value is -2.05. The maximum atomic E-state index is 12.9. The summed E-state index contributed by atoms with van der Waals surface area (Å²) < 4.78 is 18.4. The van der Waals surface area contributed by atoms with E-state index in [0.717, 1.165) is 30.6 Å². The Morgan fingerprint density at radius 3 is 2.37 bits per heavy atom. The molecule has 2 aromatic rings. The van der Waals surface area contributed by atoms with E-state index in [0.29, 0.717) is 28.9 Å². The number of thioether (sulfide) groups is 1. The summed E-state index contributed by atoms with van der Waals surface area (Å²) in [6.45, 7) is -0.0271. The zero-order chi connectivity index (χ0) is 21.3. The van der Waals surface area contributed by atoms with Crippen molar-refractivity contribution < 1.29 is 18.7 Å². The van der Waals surface area contributed by atoms with Gasteiger partial charge in [0, 0.05) is 22.4 Å². The molecule has 3 rings (SSSR count). The number of ketones is 1. The molecule has 0 heterocycles. The van der Waals surface area contributed by atoms with Gasteiger partial charge < -0.3 is 10.1 Å². The molecule has 0 saturated heterocycles. The van der Waals surface area contributed by atoms with Gasteiger partial charge in [0.1, 0.15) is 17.3 Å². The van der Waals surface area contributed by atoms with E-state index in [1.807, 2.05) is 0 Å². The van der Waals surface area contributed by atoms with Crippen molar-refractivity contribution in [2.24, 2.45) is 5.92 Å². The second kappa shape index (κ2) is 11.4. The van der Waals surface area contributed by atoms with Crippen LogP contribution in [0, 0.1) is 11.7 Å². The van der Waals surface area contributed by atoms with Gasteiger partial charge in [0.25, 0.3) is 5.91 Å². The molecule has 2 aromatic carbocycles. The molecule has 1 saturated carbocycles. The molecule has 1 aliphatic carbocycles. The van der Waals surface area contributed by atoms with E-state index in [1.165, 1.54) is 23.9 Å². The SMILES string of the molecule is O=C(CSc1ccc(F)cc1)CC1CCC(NC(=O)COc2ccc(Cl)cc2)CC1. The fourth-order valence-electron chi connectivity index (χ4n) is 3.54. The number of rotatable bonds is 9. The van der Waals surface area contributed by atoms with Crippen LogP contribution in [-0.2, 0) is 9.59 Å². The Morgan fingerprint density at radius 1 is 1.03 bits per heavy atom. The van der Waals surface area contributed by atoms with Gasteiger partial charge in [0.15, 0.2) is 6.61 Å². The largest absolute Gasteiger partial charge is 0.484 e. The van der Waals surface area contributed by atoms with Crippen LogP contribution in [0.25, 0.3) is 0 Å². The molecule has 0 radical (unpaired) electrons. The molecule has 1 N–H and O–H groups in total. The number of halogens is 2. The Kier molecular flexibility index (Phi) is 8.58. The van der Waals surface area contributed by atoms with Crippen molar-refractivity contribution in [3.05, 3.63) is 59.4 Å². The molecule has 0 aromatic heterocycles. The zero-order valence-corrected chi connectivity index (χ0v) is 18.2. The number of benzene rings is 2. The molecule has 1 aliphatic rings. The maximum Gasteiger partial charge on any atom is 0.258 e. The second-order valence-electron chi connectivity index (χ2n) is 7.51. The Labute approximate surface area is 185 Å². The van der Waals surface area contributed by atoms with Crippen LogP contribution in [0.15, 0.2) is 53.4 Å². The van der Waals surface area contributed by atoms with Crippen molar-refractivity contribution in [3.63, 3.8) is 0 Å². The van der Waals surface area contributed by atoms with Crippen LogP contribution in [-0.4, -0.2) is 30.1 Å². The molecule has 1 fully saturated rings. The average molecular weight is 450 g/mol. The number of hydrogen-bond donors (Lipinski definition) is 1. The quantitative estimate of drug-likeness (QED) is 0.529. The first-order valence-corrected chi connectivity index (χ1v) is 11.4. The summed E-state index contributed by atoms with van der Waals surface area (Å²) >= 11 is 7.27. The highest BCUT2D eigenvalue weighted by Crippen LogP contribution is 2.28. The van der Waals surface area contributed by atoms with Gasteiger partial charge in [-0.1, -0.05) is 11.6 Å². The minimum Gasteiger partial charge on any atom is -0.484 e. The van der Waals surface area contributed by atoms with Crippen molar-refractivity contribution in [1.29, 1.82) is 0 Å². The van der Waals surface area contributed by atoms with Gasteiger partial charge in [-0.05, 0) is 80.1 Å². The summed E-state index contributed by atoms with van der Waals surface area (Å²) in [7, 11) is 0. The van der Waals surface area contributed by atoms with E-state index < -0.39 is 0 Å². The monoisotopic (exact) mass is 449 g/mol. The van der Waals surface area contributed by atoms with Crippen LogP contribution >= 0.6 is 23.4 Å². The molecule has 0 unspecified atom stereocenters. The van der Waals surface area contributed by atoms with Crippen molar-refractivity contribution in [1.82, 2.24) is 5.32 Å². The highest BCUT2D eigenvalue weighted by molar-refractivity contribution is 8.00. The molecule has 0 atom stereocenters. The Bertz CT molecular complexity index is 765. The standard InChI is InChI=1S/C23H25ClFNO3S/c24-17-3-9-21(10-4-17)29-14-23(28)26-19-7-1-16(2-8-19)13-20(27)15-30-22-11-5-18(25)6-12-22/h3-6,9-12,16,19H,1-2,7-8,13-15H2,(H,26,28). The van der Waals surface area contributed by atoms with Gasteiger partial charge in [-0.2, -0.15) is 0 Å². The van der Waals surface area contributed by atoms with Gasteiger partial charge >= 0.3 is 0 Å². The van der Waals surface area contributed by atoms with Crippen molar-refractivity contribution in [2.75, 3.05) is 12.4 Å². The predicted octanol–water partition coefficient (Wildman–Crippen LogP) is 5.28. The average Bonchev–Trinajstić information content (AvgIpc) is 2.74. The summed E-state index contributed by atoms with van der Waals surface area (Å²) in [5.41, 5.74) is 0. The van der Waals surface area contributed by atoms with Crippen LogP contribution in [0.5, 0.6) is 5.75 Å². The lowest BCUT2D eigenvalue weighted by Gasteiger charge is -2.28. The molecule has 1 amide bonds. The molecular formula is C23H25ClFNO3S. The van der Waals surface area contributed by atoms with Crippen LogP contribution in [0.1, 0.15) is 32.1 Å². The summed E-state index contributed by atoms with van der Waals surface area (Å²) in [6.07, 6.45) is 4.16. The highest BCUT2D eigenvalue weighted by Gasteiger charge is 2.24. The minimum atomic E-state index is -0.272. The zero-order valence-electron chi connectivity index (χ0n) is 16.6. The van der Waals surface area contributed by atoms with Crippen LogP contribution in [0.3, 0.4) is 0 Å². The lowest BCUT2D eigenvalue weighted by atomic mass is 9.83. The normalized spacial score (nSPS) is 18.6. The molecule has 7 heteroatoms. The van der Waals surface area contributed by atoms with E-state index in [1.54, 1.807) is 36.4 Å². The first-order valence-electron chi connectivity index (χ1n) is 10.1. The number of amides is 1. The number of hydrogen-bond acceptors (Lipinski definition) is 4. The third kappa shape index (κ3) is 7.65. The van der Waals surface area contributed by atoms with E-state index in [2.05, 4.69) is 5.32 Å². The number of Topliss-reactive ketones (excluding diaryl/α,β-unsaturated/α-hetero) is 1. The summed E-state index contributed by atoms with van der Waals surface area (Å²) in [5.74, 6) is 1.18. The topological polar surface area (TPSA) is 55.4 Å².